The van der Waals surface area contributed by atoms with Crippen molar-refractivity contribution < 1.29 is 14.3 Å². The maximum Gasteiger partial charge on any atom is 0.309 e. The highest BCUT2D eigenvalue weighted by atomic mass is 32.2. The second-order valence-electron chi connectivity index (χ2n) is 5.51. The summed E-state index contributed by atoms with van der Waals surface area (Å²) in [4.78, 5) is 27.3. The van der Waals surface area contributed by atoms with Crippen LogP contribution in [0.1, 0.15) is 26.2 Å². The Hall–Kier alpha value is -1.49. The smallest absolute Gasteiger partial charge is 0.309 e. The van der Waals surface area contributed by atoms with Crippen LogP contribution in [0.5, 0.6) is 0 Å². The lowest BCUT2D eigenvalue weighted by molar-refractivity contribution is -0.160. The molecule has 1 amide bonds. The van der Waals surface area contributed by atoms with Crippen molar-refractivity contribution in [3.63, 3.8) is 0 Å². The standard InChI is InChI=1S/C16H19NO3S/c1-11(20-16(19)12-5-4-6-12)15(18)17-9-10-21-14-8-3-2-7-13(14)17/h2-3,7-8,11-12H,4-6,9-10H2,1H3. The third-order valence-corrected chi connectivity index (χ3v) is 5.12. The van der Waals surface area contributed by atoms with Gasteiger partial charge in [-0.25, -0.2) is 0 Å². The third-order valence-electron chi connectivity index (χ3n) is 4.07. The van der Waals surface area contributed by atoms with E-state index in [1.165, 1.54) is 0 Å². The number of rotatable bonds is 3. The first-order valence-corrected chi connectivity index (χ1v) is 8.39. The van der Waals surface area contributed by atoms with Gasteiger partial charge < -0.3 is 9.64 Å². The molecule has 21 heavy (non-hydrogen) atoms. The summed E-state index contributed by atoms with van der Waals surface area (Å²) in [6.07, 6.45) is 2.15. The number of fused-ring (bicyclic) bond motifs is 1. The van der Waals surface area contributed by atoms with Gasteiger partial charge in [0.15, 0.2) is 6.10 Å². The minimum absolute atomic E-state index is 0.00412. The van der Waals surface area contributed by atoms with Gasteiger partial charge in [0, 0.05) is 17.2 Å². The highest BCUT2D eigenvalue weighted by Gasteiger charge is 2.32. The van der Waals surface area contributed by atoms with Gasteiger partial charge >= 0.3 is 5.97 Å². The molecule has 0 spiro atoms. The zero-order valence-electron chi connectivity index (χ0n) is 12.1. The molecule has 5 heteroatoms. The Balaban J connectivity index is 1.69. The minimum atomic E-state index is -0.714. The molecule has 1 aliphatic heterocycles. The van der Waals surface area contributed by atoms with E-state index in [1.54, 1.807) is 23.6 Å². The van der Waals surface area contributed by atoms with Crippen LogP contribution >= 0.6 is 11.8 Å². The van der Waals surface area contributed by atoms with Crippen LogP contribution in [0.4, 0.5) is 5.69 Å². The van der Waals surface area contributed by atoms with Crippen LogP contribution in [0, 0.1) is 5.92 Å². The Kier molecular flexibility index (Phi) is 4.19. The Morgan fingerprint density at radius 3 is 2.81 bits per heavy atom. The molecule has 0 saturated heterocycles. The number of hydrogen-bond acceptors (Lipinski definition) is 4. The van der Waals surface area contributed by atoms with Gasteiger partial charge in [-0.15, -0.1) is 11.8 Å². The number of anilines is 1. The number of carbonyl (C=O) groups is 2. The number of para-hydroxylation sites is 1. The van der Waals surface area contributed by atoms with Gasteiger partial charge in [-0.1, -0.05) is 18.6 Å². The molecule has 0 bridgehead atoms. The van der Waals surface area contributed by atoms with Crippen molar-refractivity contribution in [2.45, 2.75) is 37.2 Å². The van der Waals surface area contributed by atoms with Crippen molar-refractivity contribution >= 4 is 29.3 Å². The fourth-order valence-corrected chi connectivity index (χ4v) is 3.58. The van der Waals surface area contributed by atoms with Crippen molar-refractivity contribution in [3.05, 3.63) is 24.3 Å². The average molecular weight is 305 g/mol. The van der Waals surface area contributed by atoms with Gasteiger partial charge in [0.05, 0.1) is 11.6 Å². The van der Waals surface area contributed by atoms with Gasteiger partial charge in [0.2, 0.25) is 0 Å². The number of esters is 1. The Labute approximate surface area is 128 Å². The predicted octanol–water partition coefficient (Wildman–Crippen LogP) is 2.86. The molecule has 1 heterocycles. The molecule has 0 radical (unpaired) electrons. The van der Waals surface area contributed by atoms with Crippen molar-refractivity contribution in [2.24, 2.45) is 5.92 Å². The molecule has 3 rings (SSSR count). The van der Waals surface area contributed by atoms with E-state index in [-0.39, 0.29) is 17.8 Å². The first kappa shape index (κ1) is 14.4. The largest absolute Gasteiger partial charge is 0.452 e. The van der Waals surface area contributed by atoms with Crippen LogP contribution in [0.2, 0.25) is 0 Å². The molecule has 112 valence electrons. The monoisotopic (exact) mass is 305 g/mol. The van der Waals surface area contributed by atoms with Crippen LogP contribution in [0.25, 0.3) is 0 Å². The zero-order chi connectivity index (χ0) is 14.8. The van der Waals surface area contributed by atoms with Crippen LogP contribution in [0.3, 0.4) is 0 Å². The first-order chi connectivity index (χ1) is 10.2. The van der Waals surface area contributed by atoms with Crippen LogP contribution in [-0.2, 0) is 14.3 Å². The molecule has 1 aromatic carbocycles. The highest BCUT2D eigenvalue weighted by molar-refractivity contribution is 7.99. The predicted molar refractivity (Wildman–Crippen MR) is 82.4 cm³/mol. The quantitative estimate of drug-likeness (QED) is 0.806. The van der Waals surface area contributed by atoms with E-state index in [1.807, 2.05) is 24.3 Å². The number of amides is 1. The van der Waals surface area contributed by atoms with Crippen LogP contribution in [0.15, 0.2) is 29.2 Å². The van der Waals surface area contributed by atoms with Gasteiger partial charge in [-0.05, 0) is 31.9 Å². The molecule has 0 aromatic heterocycles. The molecule has 1 fully saturated rings. The lowest BCUT2D eigenvalue weighted by Gasteiger charge is -2.31. The van der Waals surface area contributed by atoms with Gasteiger partial charge in [0.25, 0.3) is 5.91 Å². The highest BCUT2D eigenvalue weighted by Crippen LogP contribution is 2.35. The molecule has 1 aromatic rings. The summed E-state index contributed by atoms with van der Waals surface area (Å²) in [6.45, 7) is 2.33. The molecule has 2 aliphatic rings. The lowest BCUT2D eigenvalue weighted by Crippen LogP contribution is -2.43. The molecule has 0 N–H and O–H groups in total. The van der Waals surface area contributed by atoms with E-state index in [9.17, 15) is 9.59 Å². The summed E-state index contributed by atoms with van der Waals surface area (Å²) in [7, 11) is 0. The fourth-order valence-electron chi connectivity index (χ4n) is 2.58. The van der Waals surface area contributed by atoms with Crippen molar-refractivity contribution in [1.29, 1.82) is 0 Å². The van der Waals surface area contributed by atoms with E-state index in [0.29, 0.717) is 6.54 Å². The number of benzene rings is 1. The average Bonchev–Trinajstić information content (AvgIpc) is 2.44. The van der Waals surface area contributed by atoms with Crippen LogP contribution < -0.4 is 4.90 Å². The second-order valence-corrected chi connectivity index (χ2v) is 6.65. The van der Waals surface area contributed by atoms with E-state index in [4.69, 9.17) is 4.74 Å². The van der Waals surface area contributed by atoms with E-state index in [2.05, 4.69) is 0 Å². The first-order valence-electron chi connectivity index (χ1n) is 7.40. The van der Waals surface area contributed by atoms with Gasteiger partial charge in [-0.2, -0.15) is 0 Å². The zero-order valence-corrected chi connectivity index (χ0v) is 12.9. The normalized spacial score (nSPS) is 19.4. The van der Waals surface area contributed by atoms with Crippen molar-refractivity contribution in [3.8, 4) is 0 Å². The maximum atomic E-state index is 12.6. The van der Waals surface area contributed by atoms with E-state index < -0.39 is 6.10 Å². The molecule has 1 unspecified atom stereocenters. The summed E-state index contributed by atoms with van der Waals surface area (Å²) in [5, 5.41) is 0. The Morgan fingerprint density at radius 1 is 1.33 bits per heavy atom. The number of ether oxygens (including phenoxy) is 1. The summed E-state index contributed by atoms with van der Waals surface area (Å²) in [5.41, 5.74) is 0.922. The van der Waals surface area contributed by atoms with Crippen LogP contribution in [-0.4, -0.2) is 30.3 Å². The second kappa shape index (κ2) is 6.10. The summed E-state index contributed by atoms with van der Waals surface area (Å²) in [5.74, 6) is 0.521. The maximum absolute atomic E-state index is 12.6. The fraction of sp³-hybridized carbons (Fsp3) is 0.500. The van der Waals surface area contributed by atoms with Gasteiger partial charge in [-0.3, -0.25) is 9.59 Å². The summed E-state index contributed by atoms with van der Waals surface area (Å²) < 4.78 is 5.35. The minimum Gasteiger partial charge on any atom is -0.452 e. The molecule has 1 atom stereocenters. The Morgan fingerprint density at radius 2 is 2.10 bits per heavy atom. The summed E-state index contributed by atoms with van der Waals surface area (Å²) >= 11 is 1.75. The van der Waals surface area contributed by atoms with Gasteiger partial charge in [0.1, 0.15) is 0 Å². The number of hydrogen-bond donors (Lipinski definition) is 0. The Bertz CT molecular complexity index is 556. The third kappa shape index (κ3) is 2.93. The molecule has 1 aliphatic carbocycles. The number of nitrogens with zero attached hydrogens (tertiary/aromatic N) is 1. The number of carbonyl (C=O) groups excluding carboxylic acids is 2. The van der Waals surface area contributed by atoms with E-state index >= 15 is 0 Å². The summed E-state index contributed by atoms with van der Waals surface area (Å²) in [6, 6.07) is 7.86. The topological polar surface area (TPSA) is 46.6 Å². The SMILES string of the molecule is CC(OC(=O)C1CCC1)C(=O)N1CCSc2ccccc21. The molecule has 4 nitrogen and oxygen atoms in total. The van der Waals surface area contributed by atoms with Crippen molar-refractivity contribution in [2.75, 3.05) is 17.2 Å². The molecular weight excluding hydrogens is 286 g/mol. The molecular formula is C16H19NO3S. The lowest BCUT2D eigenvalue weighted by atomic mass is 9.86. The molecule has 1 saturated carbocycles. The number of thioether (sulfide) groups is 1. The van der Waals surface area contributed by atoms with E-state index in [0.717, 1.165) is 35.6 Å². The van der Waals surface area contributed by atoms with Crippen molar-refractivity contribution in [1.82, 2.24) is 0 Å².